The molecule has 5 rings (SSSR count). The van der Waals surface area contributed by atoms with E-state index in [0.29, 0.717) is 30.7 Å². The van der Waals surface area contributed by atoms with Crippen molar-refractivity contribution in [3.63, 3.8) is 0 Å². The van der Waals surface area contributed by atoms with Crippen molar-refractivity contribution in [3.05, 3.63) is 47.9 Å². The Hall–Kier alpha value is -2.62. The molecule has 9 heteroatoms. The Morgan fingerprint density at radius 2 is 2.00 bits per heavy atom. The van der Waals surface area contributed by atoms with Gasteiger partial charge in [0.25, 0.3) is 0 Å². The number of nitrogens with one attached hydrogen (secondary N) is 1. The highest BCUT2D eigenvalue weighted by Crippen LogP contribution is 2.50. The number of pyridine rings is 1. The second-order valence-electron chi connectivity index (χ2n) is 12.0. The van der Waals surface area contributed by atoms with Crippen LogP contribution in [0.2, 0.25) is 0 Å². The number of epoxide rings is 1. The number of fused-ring (bicyclic) bond motifs is 1. The van der Waals surface area contributed by atoms with Crippen molar-refractivity contribution < 1.29 is 33.7 Å². The topological polar surface area (TPSA) is 125 Å². The quantitative estimate of drug-likeness (QED) is 0.492. The first-order valence-corrected chi connectivity index (χ1v) is 14.1. The number of carbonyl (C=O) groups excluding carboxylic acids is 2. The molecule has 212 valence electrons. The number of hydrogen-bond acceptors (Lipinski definition) is 7. The normalized spacial score (nSPS) is 37.2. The number of halogens is 1. The van der Waals surface area contributed by atoms with E-state index in [0.717, 1.165) is 19.3 Å². The van der Waals surface area contributed by atoms with Gasteiger partial charge in [-0.3, -0.25) is 14.6 Å². The average Bonchev–Trinajstić information content (AvgIpc) is 3.79. The van der Waals surface area contributed by atoms with Crippen LogP contribution in [0.1, 0.15) is 77.3 Å². The number of aliphatic hydroxyl groups is 2. The Kier molecular flexibility index (Phi) is 7.95. The zero-order valence-electron chi connectivity index (χ0n) is 22.6. The molecule has 1 spiro atoms. The van der Waals surface area contributed by atoms with Gasteiger partial charge < -0.3 is 25.0 Å². The monoisotopic (exact) mass is 542 g/mol. The first kappa shape index (κ1) is 27.9. The number of carbonyl (C=O) groups is 2. The molecule has 1 aliphatic carbocycles. The minimum absolute atomic E-state index is 0.156. The van der Waals surface area contributed by atoms with Crippen molar-refractivity contribution in [2.75, 3.05) is 0 Å². The molecule has 0 bridgehead atoms. The van der Waals surface area contributed by atoms with Crippen LogP contribution >= 0.6 is 0 Å². The first-order chi connectivity index (χ1) is 18.6. The summed E-state index contributed by atoms with van der Waals surface area (Å²) in [4.78, 5) is 31.2. The summed E-state index contributed by atoms with van der Waals surface area (Å²) in [6, 6.07) is 4.23. The molecule has 0 radical (unpaired) electrons. The Morgan fingerprint density at radius 1 is 1.23 bits per heavy atom. The fourth-order valence-electron chi connectivity index (χ4n) is 6.33. The van der Waals surface area contributed by atoms with Gasteiger partial charge in [-0.05, 0) is 56.7 Å². The van der Waals surface area contributed by atoms with E-state index in [1.54, 1.807) is 30.7 Å². The van der Waals surface area contributed by atoms with Crippen molar-refractivity contribution >= 4 is 17.8 Å². The summed E-state index contributed by atoms with van der Waals surface area (Å²) in [5, 5.41) is 25.3. The number of ether oxygens (including phenoxy) is 2. The lowest BCUT2D eigenvalue weighted by atomic mass is 9.58. The largest absolute Gasteiger partial charge is 0.463 e. The summed E-state index contributed by atoms with van der Waals surface area (Å²) in [5.74, 6) is -1.52. The Bertz CT molecular complexity index is 1140. The van der Waals surface area contributed by atoms with Gasteiger partial charge >= 0.3 is 0 Å². The number of rotatable bonds is 4. The third kappa shape index (κ3) is 6.10. The van der Waals surface area contributed by atoms with Crippen LogP contribution in [0.25, 0.3) is 6.08 Å². The summed E-state index contributed by atoms with van der Waals surface area (Å²) in [5.41, 5.74) is -1.12. The molecule has 4 heterocycles. The number of allylic oxidation sites excluding steroid dienone is 1. The van der Waals surface area contributed by atoms with E-state index in [2.05, 4.69) is 10.3 Å². The SMILES string of the molecule is CC1CCCC2(C)OC2CC(/C(F)=C/c2ccccn2)NC(=O)CC(O)C2(CCC2)C(=O)C(CC2=CO2)C1O. The van der Waals surface area contributed by atoms with Crippen LogP contribution in [0.15, 0.2) is 42.2 Å². The molecule has 7 unspecified atom stereocenters. The molecule has 1 saturated carbocycles. The summed E-state index contributed by atoms with van der Waals surface area (Å²) < 4.78 is 26.7. The maximum atomic E-state index is 15.5. The second-order valence-corrected chi connectivity index (χ2v) is 12.0. The molecule has 8 nitrogen and oxygen atoms in total. The first-order valence-electron chi connectivity index (χ1n) is 14.1. The van der Waals surface area contributed by atoms with Gasteiger partial charge in [0, 0.05) is 19.0 Å². The van der Waals surface area contributed by atoms with E-state index in [4.69, 9.17) is 9.47 Å². The lowest BCUT2D eigenvalue weighted by Gasteiger charge is -2.46. The molecule has 1 amide bonds. The molecule has 3 N–H and O–H groups in total. The summed E-state index contributed by atoms with van der Waals surface area (Å²) in [6.45, 7) is 3.92. The number of amides is 1. The highest BCUT2D eigenvalue weighted by atomic mass is 19.1. The minimum atomic E-state index is -1.24. The summed E-state index contributed by atoms with van der Waals surface area (Å²) in [7, 11) is 0. The molecule has 0 aromatic carbocycles. The molecule has 3 fully saturated rings. The summed E-state index contributed by atoms with van der Waals surface area (Å²) in [6.07, 6.45) is 6.08. The number of nitrogens with zero attached hydrogens (tertiary/aromatic N) is 1. The minimum Gasteiger partial charge on any atom is -0.463 e. The fraction of sp³-hybridized carbons (Fsp3) is 0.633. The van der Waals surface area contributed by atoms with Crippen LogP contribution in [-0.4, -0.2) is 56.8 Å². The van der Waals surface area contributed by atoms with Crippen molar-refractivity contribution in [1.82, 2.24) is 10.3 Å². The van der Waals surface area contributed by atoms with Crippen molar-refractivity contribution in [1.29, 1.82) is 0 Å². The van der Waals surface area contributed by atoms with Crippen molar-refractivity contribution in [2.45, 2.75) is 102 Å². The number of hydrogen-bond donors (Lipinski definition) is 3. The van der Waals surface area contributed by atoms with E-state index in [-0.39, 0.29) is 37.1 Å². The molecule has 2 saturated heterocycles. The number of Topliss-reactive ketones (excluding diaryl/α,β-unsaturated/α-hetero) is 1. The predicted molar refractivity (Wildman–Crippen MR) is 141 cm³/mol. The van der Waals surface area contributed by atoms with Crippen LogP contribution in [0.5, 0.6) is 0 Å². The van der Waals surface area contributed by atoms with Crippen LogP contribution in [0.3, 0.4) is 0 Å². The molecule has 1 aromatic heterocycles. The molecule has 3 aliphatic heterocycles. The van der Waals surface area contributed by atoms with Crippen molar-refractivity contribution in [3.8, 4) is 0 Å². The van der Waals surface area contributed by atoms with Gasteiger partial charge in [0.05, 0.1) is 53.4 Å². The molecule has 7 atom stereocenters. The maximum Gasteiger partial charge on any atom is 0.223 e. The third-order valence-electron chi connectivity index (χ3n) is 9.25. The molecular formula is C30H39FN2O6. The highest BCUT2D eigenvalue weighted by molar-refractivity contribution is 5.90. The molecule has 39 heavy (non-hydrogen) atoms. The van der Waals surface area contributed by atoms with Gasteiger partial charge in [-0.25, -0.2) is 4.39 Å². The number of aromatic nitrogens is 1. The van der Waals surface area contributed by atoms with Gasteiger partial charge in [-0.15, -0.1) is 0 Å². The van der Waals surface area contributed by atoms with E-state index in [1.165, 1.54) is 6.08 Å². The highest BCUT2D eigenvalue weighted by Gasteiger charge is 2.55. The Labute approximate surface area is 228 Å². The van der Waals surface area contributed by atoms with Crippen LogP contribution < -0.4 is 5.32 Å². The number of ketones is 1. The molecule has 1 aromatic rings. The zero-order chi connectivity index (χ0) is 27.8. The smallest absolute Gasteiger partial charge is 0.223 e. The standard InChI is InChI=1S/C30H39FN2O6/c1-18-7-5-9-29(2)25(39-29)15-23(22(31)13-19-8-3-4-12-32-19)33-26(35)16-24(34)30(10-6-11-30)28(37)21(27(18)36)14-20-17-38-20/h3-4,8,12-13,17-18,21,23-25,27,34,36H,5-7,9-11,14-16H2,1-2H3,(H,33,35)/b22-13-. The van der Waals surface area contributed by atoms with Crippen LogP contribution in [0, 0.1) is 17.3 Å². The van der Waals surface area contributed by atoms with E-state index in [9.17, 15) is 19.8 Å². The maximum absolute atomic E-state index is 15.5. The van der Waals surface area contributed by atoms with Gasteiger partial charge in [-0.2, -0.15) is 0 Å². The molecular weight excluding hydrogens is 503 g/mol. The van der Waals surface area contributed by atoms with Crippen molar-refractivity contribution in [2.24, 2.45) is 17.3 Å². The van der Waals surface area contributed by atoms with Crippen LogP contribution in [-0.2, 0) is 19.1 Å². The number of aliphatic hydroxyl groups excluding tert-OH is 2. The fourth-order valence-corrected chi connectivity index (χ4v) is 6.33. The Morgan fingerprint density at radius 3 is 2.64 bits per heavy atom. The lowest BCUT2D eigenvalue weighted by Crippen LogP contribution is -2.54. The average molecular weight is 543 g/mol. The molecule has 4 aliphatic rings. The van der Waals surface area contributed by atoms with Gasteiger partial charge in [-0.1, -0.05) is 25.8 Å². The van der Waals surface area contributed by atoms with Gasteiger partial charge in [0.1, 0.15) is 23.6 Å². The van der Waals surface area contributed by atoms with E-state index in [1.807, 2.05) is 13.8 Å². The Balaban J connectivity index is 1.40. The zero-order valence-corrected chi connectivity index (χ0v) is 22.6. The van der Waals surface area contributed by atoms with E-state index < -0.39 is 46.9 Å². The lowest BCUT2D eigenvalue weighted by molar-refractivity contribution is -0.155. The van der Waals surface area contributed by atoms with E-state index >= 15 is 4.39 Å². The second kappa shape index (κ2) is 11.1. The third-order valence-corrected chi connectivity index (χ3v) is 9.25. The predicted octanol–water partition coefficient (Wildman–Crippen LogP) is 3.97. The van der Waals surface area contributed by atoms with Gasteiger partial charge in [0.2, 0.25) is 5.91 Å². The van der Waals surface area contributed by atoms with Gasteiger partial charge in [0.15, 0.2) is 0 Å². The summed E-state index contributed by atoms with van der Waals surface area (Å²) >= 11 is 0. The van der Waals surface area contributed by atoms with Crippen LogP contribution in [0.4, 0.5) is 4.39 Å².